The number of allylic oxidation sites excluding steroid dienone is 3. The molecule has 3 aromatic rings. The Morgan fingerprint density at radius 1 is 0.885 bits per heavy atom. The van der Waals surface area contributed by atoms with Gasteiger partial charge in [0.05, 0.1) is 0 Å². The van der Waals surface area contributed by atoms with Crippen molar-refractivity contribution in [2.24, 2.45) is 0 Å². The maximum absolute atomic E-state index is 4.49. The van der Waals surface area contributed by atoms with Crippen LogP contribution >= 0.6 is 0 Å². The summed E-state index contributed by atoms with van der Waals surface area (Å²) in [5.41, 5.74) is 10.4. The smallest absolute Gasteiger partial charge is 0.0346 e. The highest BCUT2D eigenvalue weighted by Crippen LogP contribution is 2.48. The van der Waals surface area contributed by atoms with Crippen LogP contribution in [0.15, 0.2) is 91.0 Å². The fourth-order valence-electron chi connectivity index (χ4n) is 4.23. The topological polar surface area (TPSA) is 0 Å². The Balaban J connectivity index is 1.64. The molecule has 3 aromatic carbocycles. The number of benzene rings is 3. The van der Waals surface area contributed by atoms with Gasteiger partial charge in [0, 0.05) is 5.92 Å². The maximum atomic E-state index is 4.49. The molecule has 0 bridgehead atoms. The molecule has 0 amide bonds. The summed E-state index contributed by atoms with van der Waals surface area (Å²) in [5, 5.41) is 0. The van der Waals surface area contributed by atoms with Gasteiger partial charge in [0.2, 0.25) is 0 Å². The van der Waals surface area contributed by atoms with Crippen LogP contribution in [0.25, 0.3) is 17.7 Å². The SMILES string of the molecule is C=C1C(=Cc2ccc3c(c2)C=CC3)c2ccccc2C1c1ccccc1. The van der Waals surface area contributed by atoms with Gasteiger partial charge in [-0.15, -0.1) is 0 Å². The minimum absolute atomic E-state index is 0.243. The van der Waals surface area contributed by atoms with Crippen molar-refractivity contribution >= 4 is 17.7 Å². The van der Waals surface area contributed by atoms with Gasteiger partial charge in [0.15, 0.2) is 0 Å². The van der Waals surface area contributed by atoms with Crippen molar-refractivity contribution < 1.29 is 0 Å². The van der Waals surface area contributed by atoms with Crippen LogP contribution in [0.1, 0.15) is 39.3 Å². The van der Waals surface area contributed by atoms with Gasteiger partial charge in [-0.1, -0.05) is 85.5 Å². The molecule has 1 unspecified atom stereocenters. The van der Waals surface area contributed by atoms with Crippen LogP contribution in [0.3, 0.4) is 0 Å². The molecule has 0 aliphatic heterocycles. The quantitative estimate of drug-likeness (QED) is 0.502. The molecule has 0 saturated carbocycles. The van der Waals surface area contributed by atoms with Crippen LogP contribution < -0.4 is 0 Å². The lowest BCUT2D eigenvalue weighted by Gasteiger charge is -2.13. The number of hydrogen-bond donors (Lipinski definition) is 0. The average Bonchev–Trinajstić information content (AvgIpc) is 3.25. The third kappa shape index (κ3) is 2.38. The van der Waals surface area contributed by atoms with Crippen molar-refractivity contribution in [2.75, 3.05) is 0 Å². The van der Waals surface area contributed by atoms with Crippen LogP contribution in [0.2, 0.25) is 0 Å². The predicted molar refractivity (Wildman–Crippen MR) is 111 cm³/mol. The molecule has 5 rings (SSSR count). The first-order valence-electron chi connectivity index (χ1n) is 9.16. The molecule has 0 radical (unpaired) electrons. The van der Waals surface area contributed by atoms with Gasteiger partial charge in [-0.25, -0.2) is 0 Å². The van der Waals surface area contributed by atoms with E-state index in [4.69, 9.17) is 0 Å². The third-order valence-electron chi connectivity index (χ3n) is 5.51. The van der Waals surface area contributed by atoms with Crippen molar-refractivity contribution in [2.45, 2.75) is 12.3 Å². The summed E-state index contributed by atoms with van der Waals surface area (Å²) < 4.78 is 0. The fraction of sp³-hybridized carbons (Fsp3) is 0.0769. The highest BCUT2D eigenvalue weighted by Gasteiger charge is 2.30. The molecule has 2 aliphatic carbocycles. The van der Waals surface area contributed by atoms with Gasteiger partial charge in [-0.3, -0.25) is 0 Å². The minimum Gasteiger partial charge on any atom is -0.0942 e. The van der Waals surface area contributed by atoms with Crippen LogP contribution in [-0.2, 0) is 6.42 Å². The molecule has 0 nitrogen and oxygen atoms in total. The van der Waals surface area contributed by atoms with Gasteiger partial charge >= 0.3 is 0 Å². The molecular formula is C26H20. The van der Waals surface area contributed by atoms with E-state index in [0.717, 1.165) is 6.42 Å². The van der Waals surface area contributed by atoms with Gasteiger partial charge in [0.1, 0.15) is 0 Å². The summed E-state index contributed by atoms with van der Waals surface area (Å²) in [5.74, 6) is 0.243. The highest BCUT2D eigenvalue weighted by molar-refractivity contribution is 5.97. The van der Waals surface area contributed by atoms with E-state index in [1.165, 1.54) is 44.5 Å². The fourth-order valence-corrected chi connectivity index (χ4v) is 4.23. The summed E-state index contributed by atoms with van der Waals surface area (Å²) >= 11 is 0. The Hall–Kier alpha value is -3.12. The standard InChI is InChI=1S/C26H20/c1-18-25(17-19-14-15-20-10-7-11-22(20)16-19)23-12-5-6-13-24(23)26(18)21-8-3-2-4-9-21/h2-9,11-17,26H,1,10H2. The Kier molecular flexibility index (Phi) is 3.50. The van der Waals surface area contributed by atoms with Crippen LogP contribution in [0.4, 0.5) is 0 Å². The minimum atomic E-state index is 0.243. The molecule has 0 saturated heterocycles. The predicted octanol–water partition coefficient (Wildman–Crippen LogP) is 6.50. The zero-order valence-electron chi connectivity index (χ0n) is 14.7. The summed E-state index contributed by atoms with van der Waals surface area (Å²) in [6.07, 6.45) is 7.81. The molecule has 124 valence electrons. The monoisotopic (exact) mass is 332 g/mol. The first-order chi connectivity index (χ1) is 12.8. The second-order valence-corrected chi connectivity index (χ2v) is 7.08. The molecule has 1 atom stereocenters. The maximum Gasteiger partial charge on any atom is 0.0346 e. The first kappa shape index (κ1) is 15.2. The van der Waals surface area contributed by atoms with E-state index >= 15 is 0 Å². The van der Waals surface area contributed by atoms with E-state index in [9.17, 15) is 0 Å². The number of fused-ring (bicyclic) bond motifs is 2. The van der Waals surface area contributed by atoms with Gasteiger partial charge in [0.25, 0.3) is 0 Å². The van der Waals surface area contributed by atoms with Gasteiger partial charge in [-0.05, 0) is 63.1 Å². The molecule has 0 fully saturated rings. The lowest BCUT2D eigenvalue weighted by molar-refractivity contribution is 1.02. The summed E-state index contributed by atoms with van der Waals surface area (Å²) in [6, 6.07) is 26.2. The Bertz CT molecular complexity index is 1060. The van der Waals surface area contributed by atoms with Crippen molar-refractivity contribution in [3.63, 3.8) is 0 Å². The summed E-state index contributed by atoms with van der Waals surface area (Å²) in [6.45, 7) is 4.49. The molecule has 0 N–H and O–H groups in total. The average molecular weight is 332 g/mol. The summed E-state index contributed by atoms with van der Waals surface area (Å²) in [4.78, 5) is 0. The number of rotatable bonds is 2. The molecule has 2 aliphatic rings. The molecule has 26 heavy (non-hydrogen) atoms. The van der Waals surface area contributed by atoms with Crippen LogP contribution in [0, 0.1) is 0 Å². The Labute approximate surface area is 154 Å². The Morgan fingerprint density at radius 2 is 1.69 bits per heavy atom. The van der Waals surface area contributed by atoms with Crippen molar-refractivity contribution in [3.05, 3.63) is 124 Å². The van der Waals surface area contributed by atoms with E-state index < -0.39 is 0 Å². The van der Waals surface area contributed by atoms with E-state index in [0.29, 0.717) is 0 Å². The highest BCUT2D eigenvalue weighted by atomic mass is 14.3. The van der Waals surface area contributed by atoms with Crippen LogP contribution in [0.5, 0.6) is 0 Å². The summed E-state index contributed by atoms with van der Waals surface area (Å²) in [7, 11) is 0. The molecule has 0 spiro atoms. The second kappa shape index (κ2) is 6.00. The van der Waals surface area contributed by atoms with E-state index in [2.05, 4.69) is 97.6 Å². The largest absolute Gasteiger partial charge is 0.0942 e. The van der Waals surface area contributed by atoms with E-state index in [-0.39, 0.29) is 5.92 Å². The van der Waals surface area contributed by atoms with Gasteiger partial charge < -0.3 is 0 Å². The molecule has 0 aromatic heterocycles. The van der Waals surface area contributed by atoms with Gasteiger partial charge in [-0.2, -0.15) is 0 Å². The molecule has 0 heteroatoms. The molecule has 0 heterocycles. The second-order valence-electron chi connectivity index (χ2n) is 7.08. The van der Waals surface area contributed by atoms with E-state index in [1.807, 2.05) is 0 Å². The zero-order valence-corrected chi connectivity index (χ0v) is 14.7. The van der Waals surface area contributed by atoms with E-state index in [1.54, 1.807) is 0 Å². The van der Waals surface area contributed by atoms with Crippen molar-refractivity contribution in [3.8, 4) is 0 Å². The normalized spacial score (nSPS) is 19.0. The Morgan fingerprint density at radius 3 is 2.58 bits per heavy atom. The zero-order chi connectivity index (χ0) is 17.5. The number of hydrogen-bond acceptors (Lipinski definition) is 0. The van der Waals surface area contributed by atoms with Crippen molar-refractivity contribution in [1.29, 1.82) is 0 Å². The third-order valence-corrected chi connectivity index (χ3v) is 5.51. The lowest BCUT2D eigenvalue weighted by Crippen LogP contribution is -1.97. The molecular weight excluding hydrogens is 312 g/mol. The van der Waals surface area contributed by atoms with Crippen molar-refractivity contribution in [1.82, 2.24) is 0 Å². The first-order valence-corrected chi connectivity index (χ1v) is 9.16. The lowest BCUT2D eigenvalue weighted by atomic mass is 9.90. The van der Waals surface area contributed by atoms with Crippen LogP contribution in [-0.4, -0.2) is 0 Å².